The topological polar surface area (TPSA) is 97.0 Å². The van der Waals surface area contributed by atoms with Gasteiger partial charge < -0.3 is 10.0 Å². The van der Waals surface area contributed by atoms with E-state index in [9.17, 15) is 9.90 Å². The van der Waals surface area contributed by atoms with E-state index in [2.05, 4.69) is 20.5 Å². The average molecular weight is 358 g/mol. The summed E-state index contributed by atoms with van der Waals surface area (Å²) in [5, 5.41) is 22.1. The third-order valence-corrected chi connectivity index (χ3v) is 4.96. The van der Waals surface area contributed by atoms with Gasteiger partial charge in [0.15, 0.2) is 0 Å². The number of aromatic hydroxyl groups is 1. The highest BCUT2D eigenvalue weighted by molar-refractivity contribution is 7.11. The summed E-state index contributed by atoms with van der Waals surface area (Å²) in [6, 6.07) is 4.51. The first-order valence-corrected chi connectivity index (χ1v) is 8.47. The van der Waals surface area contributed by atoms with E-state index in [4.69, 9.17) is 0 Å². The van der Waals surface area contributed by atoms with Gasteiger partial charge in [-0.2, -0.15) is 0 Å². The Morgan fingerprint density at radius 3 is 2.68 bits per heavy atom. The monoisotopic (exact) mass is 358 g/mol. The van der Waals surface area contributed by atoms with Crippen molar-refractivity contribution in [2.45, 2.75) is 26.8 Å². The van der Waals surface area contributed by atoms with Crippen LogP contribution in [0.4, 0.5) is 0 Å². The molecule has 9 heteroatoms. The number of carbonyl (C=O) groups excluding carboxylic acids is 1. The molecule has 8 nitrogen and oxygen atoms in total. The minimum Gasteiger partial charge on any atom is -0.507 e. The van der Waals surface area contributed by atoms with Crippen LogP contribution in [0.25, 0.3) is 5.69 Å². The number of rotatable bonds is 4. The molecular weight excluding hydrogens is 340 g/mol. The van der Waals surface area contributed by atoms with E-state index in [0.717, 1.165) is 15.6 Å². The number of phenolic OH excluding ortho intramolecular Hbond substituents is 1. The van der Waals surface area contributed by atoms with Crippen LogP contribution in [-0.4, -0.2) is 48.2 Å². The molecule has 3 rings (SSSR count). The van der Waals surface area contributed by atoms with Crippen molar-refractivity contribution in [2.24, 2.45) is 0 Å². The number of phenols is 1. The Hall–Kier alpha value is -2.81. The lowest BCUT2D eigenvalue weighted by Gasteiger charge is -2.24. The molecule has 3 aromatic rings. The number of benzene rings is 1. The van der Waals surface area contributed by atoms with Gasteiger partial charge in [0.05, 0.1) is 28.0 Å². The molecule has 25 heavy (non-hydrogen) atoms. The number of hydrogen-bond acceptors (Lipinski definition) is 7. The van der Waals surface area contributed by atoms with Crippen LogP contribution in [0.3, 0.4) is 0 Å². The van der Waals surface area contributed by atoms with Crippen molar-refractivity contribution in [1.82, 2.24) is 30.1 Å². The number of amides is 1. The van der Waals surface area contributed by atoms with Crippen LogP contribution in [0, 0.1) is 13.8 Å². The molecule has 1 aromatic carbocycles. The molecule has 2 aromatic heterocycles. The van der Waals surface area contributed by atoms with Gasteiger partial charge in [-0.3, -0.25) is 4.79 Å². The summed E-state index contributed by atoms with van der Waals surface area (Å²) < 4.78 is 1.40. The molecule has 1 unspecified atom stereocenters. The number of nitrogens with zero attached hydrogens (tertiary/aromatic N) is 6. The molecule has 0 fully saturated rings. The molecule has 2 heterocycles. The molecule has 0 aliphatic rings. The van der Waals surface area contributed by atoms with E-state index < -0.39 is 0 Å². The summed E-state index contributed by atoms with van der Waals surface area (Å²) in [4.78, 5) is 20.0. The Morgan fingerprint density at radius 2 is 2.12 bits per heavy atom. The van der Waals surface area contributed by atoms with E-state index in [1.165, 1.54) is 17.1 Å². The maximum atomic E-state index is 12.8. The summed E-state index contributed by atoms with van der Waals surface area (Å²) in [7, 11) is 1.70. The molecule has 0 saturated heterocycles. The van der Waals surface area contributed by atoms with Crippen molar-refractivity contribution >= 4 is 17.2 Å². The van der Waals surface area contributed by atoms with Crippen molar-refractivity contribution in [1.29, 1.82) is 0 Å². The van der Waals surface area contributed by atoms with Gasteiger partial charge in [0, 0.05) is 18.0 Å². The first-order valence-electron chi connectivity index (χ1n) is 7.66. The number of tetrazole rings is 1. The van der Waals surface area contributed by atoms with Crippen LogP contribution in [0.5, 0.6) is 5.75 Å². The van der Waals surface area contributed by atoms with Crippen LogP contribution < -0.4 is 0 Å². The molecule has 1 N–H and O–H groups in total. The first-order chi connectivity index (χ1) is 11.9. The Kier molecular flexibility index (Phi) is 4.49. The number of aromatic nitrogens is 5. The predicted molar refractivity (Wildman–Crippen MR) is 92.9 cm³/mol. The molecular formula is C16H18N6O2S. The normalized spacial score (nSPS) is 12.2. The Bertz CT molecular complexity index is 905. The van der Waals surface area contributed by atoms with Crippen molar-refractivity contribution in [3.63, 3.8) is 0 Å². The van der Waals surface area contributed by atoms with Gasteiger partial charge in [0.25, 0.3) is 5.91 Å². The molecule has 0 bridgehead atoms. The van der Waals surface area contributed by atoms with Gasteiger partial charge in [-0.15, -0.1) is 16.4 Å². The number of aryl methyl sites for hydroxylation is 2. The van der Waals surface area contributed by atoms with Crippen molar-refractivity contribution in [2.75, 3.05) is 7.05 Å². The van der Waals surface area contributed by atoms with Gasteiger partial charge in [-0.1, -0.05) is 0 Å². The summed E-state index contributed by atoms with van der Waals surface area (Å²) in [6.07, 6.45) is 1.41. The van der Waals surface area contributed by atoms with Gasteiger partial charge >= 0.3 is 0 Å². The molecule has 130 valence electrons. The van der Waals surface area contributed by atoms with Crippen molar-refractivity contribution in [3.05, 3.63) is 45.7 Å². The third kappa shape index (κ3) is 3.22. The minimum atomic E-state index is -0.279. The van der Waals surface area contributed by atoms with Gasteiger partial charge in [0.1, 0.15) is 12.1 Å². The maximum Gasteiger partial charge on any atom is 0.257 e. The van der Waals surface area contributed by atoms with Crippen LogP contribution in [-0.2, 0) is 0 Å². The fourth-order valence-electron chi connectivity index (χ4n) is 2.60. The van der Waals surface area contributed by atoms with E-state index in [1.54, 1.807) is 35.4 Å². The Labute approximate surface area is 148 Å². The van der Waals surface area contributed by atoms with Gasteiger partial charge in [-0.25, -0.2) is 9.67 Å². The van der Waals surface area contributed by atoms with Crippen LogP contribution in [0.1, 0.15) is 38.9 Å². The molecule has 0 radical (unpaired) electrons. The Balaban J connectivity index is 1.86. The van der Waals surface area contributed by atoms with E-state index in [-0.39, 0.29) is 23.3 Å². The highest BCUT2D eigenvalue weighted by atomic mass is 32.1. The highest BCUT2D eigenvalue weighted by Crippen LogP contribution is 2.29. The largest absolute Gasteiger partial charge is 0.507 e. The third-order valence-electron chi connectivity index (χ3n) is 4.06. The zero-order valence-electron chi connectivity index (χ0n) is 14.3. The van der Waals surface area contributed by atoms with E-state index in [1.807, 2.05) is 20.8 Å². The molecule has 1 atom stereocenters. The molecule has 1 amide bonds. The lowest BCUT2D eigenvalue weighted by atomic mass is 10.1. The summed E-state index contributed by atoms with van der Waals surface area (Å²) in [5.74, 6) is -0.401. The second kappa shape index (κ2) is 6.60. The zero-order chi connectivity index (χ0) is 18.1. The van der Waals surface area contributed by atoms with Crippen LogP contribution >= 0.6 is 11.3 Å². The van der Waals surface area contributed by atoms with E-state index >= 15 is 0 Å². The Morgan fingerprint density at radius 1 is 1.36 bits per heavy atom. The van der Waals surface area contributed by atoms with Crippen molar-refractivity contribution in [3.8, 4) is 11.4 Å². The second-order valence-corrected chi connectivity index (χ2v) is 7.13. The first kappa shape index (κ1) is 17.0. The fraction of sp³-hybridized carbons (Fsp3) is 0.312. The average Bonchev–Trinajstić information content (AvgIpc) is 3.22. The lowest BCUT2D eigenvalue weighted by molar-refractivity contribution is 0.0736. The van der Waals surface area contributed by atoms with Gasteiger partial charge in [0.2, 0.25) is 0 Å². The number of hydrogen-bond donors (Lipinski definition) is 1. The standard InChI is InChI=1S/C16H18N6O2S/c1-9(15-10(2)25-11(3)18-15)21(4)16(24)13-6-5-12(7-14(13)23)22-8-17-19-20-22/h5-9,23H,1-4H3. The highest BCUT2D eigenvalue weighted by Gasteiger charge is 2.24. The number of carbonyl (C=O) groups is 1. The molecule has 0 aliphatic carbocycles. The number of thiazole rings is 1. The lowest BCUT2D eigenvalue weighted by Crippen LogP contribution is -2.30. The fourth-order valence-corrected chi connectivity index (χ4v) is 3.51. The maximum absolute atomic E-state index is 12.8. The van der Waals surface area contributed by atoms with Crippen LogP contribution in [0.15, 0.2) is 24.5 Å². The summed E-state index contributed by atoms with van der Waals surface area (Å²) in [5.41, 5.74) is 1.67. The molecule has 0 spiro atoms. The smallest absolute Gasteiger partial charge is 0.257 e. The summed E-state index contributed by atoms with van der Waals surface area (Å²) in [6.45, 7) is 5.86. The van der Waals surface area contributed by atoms with E-state index in [0.29, 0.717) is 5.69 Å². The molecule has 0 saturated carbocycles. The molecule has 0 aliphatic heterocycles. The quantitative estimate of drug-likeness (QED) is 0.768. The van der Waals surface area contributed by atoms with Gasteiger partial charge in [-0.05, 0) is 43.3 Å². The second-order valence-electron chi connectivity index (χ2n) is 5.72. The predicted octanol–water partition coefficient (Wildman–Crippen LogP) is 2.27. The van der Waals surface area contributed by atoms with Crippen LogP contribution in [0.2, 0.25) is 0 Å². The minimum absolute atomic E-state index is 0.122. The summed E-state index contributed by atoms with van der Waals surface area (Å²) >= 11 is 1.61. The van der Waals surface area contributed by atoms with Crippen molar-refractivity contribution < 1.29 is 9.90 Å². The SMILES string of the molecule is Cc1nc(C(C)N(C)C(=O)c2ccc(-n3cnnn3)cc2O)c(C)s1. The zero-order valence-corrected chi connectivity index (χ0v) is 15.2.